The maximum Gasteiger partial charge on any atom is 0.119 e. The van der Waals surface area contributed by atoms with Gasteiger partial charge in [0.05, 0.1) is 18.7 Å². The molecule has 0 unspecified atom stereocenters. The predicted molar refractivity (Wildman–Crippen MR) is 128 cm³/mol. The van der Waals surface area contributed by atoms with Crippen molar-refractivity contribution in [3.8, 4) is 11.8 Å². The van der Waals surface area contributed by atoms with Crippen molar-refractivity contribution >= 4 is 10.9 Å². The average molecular weight is 422 g/mol. The summed E-state index contributed by atoms with van der Waals surface area (Å²) in [5.74, 6) is 2.10. The molecule has 4 nitrogen and oxygen atoms in total. The minimum absolute atomic E-state index is 0.531. The van der Waals surface area contributed by atoms with Gasteiger partial charge < -0.3 is 9.64 Å². The van der Waals surface area contributed by atoms with E-state index in [9.17, 15) is 5.26 Å². The molecule has 31 heavy (non-hydrogen) atoms. The first-order valence-electron chi connectivity index (χ1n) is 12.3. The molecule has 1 fully saturated rings. The second-order valence-corrected chi connectivity index (χ2v) is 9.13. The molecule has 3 rings (SSSR count). The van der Waals surface area contributed by atoms with E-state index >= 15 is 0 Å². The number of benzene rings is 1. The van der Waals surface area contributed by atoms with Crippen molar-refractivity contribution in [1.82, 2.24) is 9.88 Å². The van der Waals surface area contributed by atoms with Crippen molar-refractivity contribution in [2.45, 2.75) is 71.1 Å². The molecule has 0 amide bonds. The van der Waals surface area contributed by atoms with E-state index in [1.807, 2.05) is 18.3 Å². The summed E-state index contributed by atoms with van der Waals surface area (Å²) in [5.41, 5.74) is 2.39. The van der Waals surface area contributed by atoms with Crippen LogP contribution < -0.4 is 4.74 Å². The molecule has 2 aromatic rings. The van der Waals surface area contributed by atoms with Gasteiger partial charge in [0.15, 0.2) is 0 Å². The van der Waals surface area contributed by atoms with Gasteiger partial charge in [0.1, 0.15) is 5.75 Å². The van der Waals surface area contributed by atoms with Gasteiger partial charge in [0, 0.05) is 24.5 Å². The topological polar surface area (TPSA) is 49.2 Å². The lowest BCUT2D eigenvalue weighted by atomic mass is 9.80. The molecule has 1 saturated heterocycles. The summed E-state index contributed by atoms with van der Waals surface area (Å²) >= 11 is 0. The summed E-state index contributed by atoms with van der Waals surface area (Å²) in [4.78, 5) is 7.12. The van der Waals surface area contributed by atoms with Gasteiger partial charge in [0.25, 0.3) is 0 Å². The Balaban J connectivity index is 1.51. The van der Waals surface area contributed by atoms with Crippen LogP contribution in [0.2, 0.25) is 0 Å². The van der Waals surface area contributed by atoms with E-state index in [1.165, 1.54) is 75.4 Å². The van der Waals surface area contributed by atoms with E-state index in [1.54, 1.807) is 7.11 Å². The van der Waals surface area contributed by atoms with Gasteiger partial charge in [0.2, 0.25) is 0 Å². The second kappa shape index (κ2) is 12.7. The number of piperidine rings is 1. The van der Waals surface area contributed by atoms with Crippen molar-refractivity contribution in [3.05, 3.63) is 36.0 Å². The Hall–Kier alpha value is -2.12. The number of nitrogens with zero attached hydrogens (tertiary/aromatic N) is 3. The summed E-state index contributed by atoms with van der Waals surface area (Å²) in [5, 5.41) is 10.6. The summed E-state index contributed by atoms with van der Waals surface area (Å²) in [6, 6.07) is 10.7. The quantitative estimate of drug-likeness (QED) is 0.373. The fourth-order valence-corrected chi connectivity index (χ4v) is 5.11. The lowest BCUT2D eigenvalue weighted by molar-refractivity contribution is 0.113. The Bertz CT molecular complexity index is 844. The number of unbranched alkanes of at least 4 members (excludes halogenated alkanes) is 4. The van der Waals surface area contributed by atoms with E-state index in [4.69, 9.17) is 4.74 Å². The number of ether oxygens (including phenoxy) is 1. The third-order valence-corrected chi connectivity index (χ3v) is 6.97. The highest BCUT2D eigenvalue weighted by Crippen LogP contribution is 2.31. The molecule has 168 valence electrons. The highest BCUT2D eigenvalue weighted by atomic mass is 16.5. The van der Waals surface area contributed by atoms with Crippen LogP contribution in [0, 0.1) is 23.2 Å². The summed E-state index contributed by atoms with van der Waals surface area (Å²) in [7, 11) is 1.71. The average Bonchev–Trinajstić information content (AvgIpc) is 2.80. The Labute approximate surface area is 188 Å². The van der Waals surface area contributed by atoms with Crippen LogP contribution in [-0.4, -0.2) is 36.6 Å². The molecular weight excluding hydrogens is 382 g/mol. The van der Waals surface area contributed by atoms with Crippen LogP contribution in [0.25, 0.3) is 10.9 Å². The standard InChI is InChI=1S/C27H39N3O/c1-3-4-5-6-7-18-30-19-15-22(24(21-30)13-16-28)9-8-10-23-14-17-29-27-12-11-25(31-2)20-26(23)27/h11-12,14,17,20,22,24H,3-10,13,15,18-19,21H2,1-2H3/t22-,24+/m1/s1. The Morgan fingerprint density at radius 3 is 2.81 bits per heavy atom. The highest BCUT2D eigenvalue weighted by Gasteiger charge is 2.28. The van der Waals surface area contributed by atoms with Crippen molar-refractivity contribution in [2.75, 3.05) is 26.7 Å². The van der Waals surface area contributed by atoms with Crippen LogP contribution >= 0.6 is 0 Å². The Morgan fingerprint density at radius 2 is 2.00 bits per heavy atom. The predicted octanol–water partition coefficient (Wildman–Crippen LogP) is 6.39. The first kappa shape index (κ1) is 23.5. The number of aryl methyl sites for hydroxylation is 1. The van der Waals surface area contributed by atoms with Gasteiger partial charge in [-0.2, -0.15) is 5.26 Å². The second-order valence-electron chi connectivity index (χ2n) is 9.13. The van der Waals surface area contributed by atoms with E-state index in [0.717, 1.165) is 24.2 Å². The van der Waals surface area contributed by atoms with Gasteiger partial charge in [-0.15, -0.1) is 0 Å². The van der Waals surface area contributed by atoms with Crippen LogP contribution in [0.1, 0.15) is 70.3 Å². The molecule has 1 aliphatic rings. The van der Waals surface area contributed by atoms with E-state index in [-0.39, 0.29) is 0 Å². The number of pyridine rings is 1. The van der Waals surface area contributed by atoms with Crippen molar-refractivity contribution in [2.24, 2.45) is 11.8 Å². The first-order chi connectivity index (χ1) is 15.2. The summed E-state index contributed by atoms with van der Waals surface area (Å²) in [6.07, 6.45) is 14.0. The minimum Gasteiger partial charge on any atom is -0.497 e. The molecule has 0 saturated carbocycles. The number of aromatic nitrogens is 1. The number of hydrogen-bond acceptors (Lipinski definition) is 4. The highest BCUT2D eigenvalue weighted by molar-refractivity contribution is 5.83. The number of rotatable bonds is 12. The molecule has 2 atom stereocenters. The Morgan fingerprint density at radius 1 is 1.13 bits per heavy atom. The minimum atomic E-state index is 0.531. The maximum absolute atomic E-state index is 9.38. The molecule has 2 heterocycles. The first-order valence-corrected chi connectivity index (χ1v) is 12.3. The fraction of sp³-hybridized carbons (Fsp3) is 0.630. The van der Waals surface area contributed by atoms with E-state index in [0.29, 0.717) is 18.3 Å². The number of hydrogen-bond donors (Lipinski definition) is 0. The molecule has 0 spiro atoms. The molecule has 1 aliphatic heterocycles. The molecule has 0 bridgehead atoms. The summed E-state index contributed by atoms with van der Waals surface area (Å²) < 4.78 is 5.41. The van der Waals surface area contributed by atoms with Gasteiger partial charge in [-0.05, 0) is 86.9 Å². The lowest BCUT2D eigenvalue weighted by Crippen LogP contribution is -2.40. The number of likely N-dealkylation sites (tertiary alicyclic amines) is 1. The Kier molecular flexibility index (Phi) is 9.62. The SMILES string of the molecule is CCCCCCCN1CC[C@@H](CCCc2ccnc3ccc(OC)cc23)[C@@H](CC#N)C1. The largest absolute Gasteiger partial charge is 0.497 e. The fourth-order valence-electron chi connectivity index (χ4n) is 5.11. The van der Waals surface area contributed by atoms with Gasteiger partial charge in [-0.25, -0.2) is 0 Å². The third-order valence-electron chi connectivity index (χ3n) is 6.97. The molecule has 4 heteroatoms. The van der Waals surface area contributed by atoms with Gasteiger partial charge >= 0.3 is 0 Å². The van der Waals surface area contributed by atoms with E-state index in [2.05, 4.69) is 35.0 Å². The van der Waals surface area contributed by atoms with Crippen LogP contribution in [0.3, 0.4) is 0 Å². The van der Waals surface area contributed by atoms with Gasteiger partial charge in [-0.1, -0.05) is 32.6 Å². The van der Waals surface area contributed by atoms with Crippen molar-refractivity contribution in [1.29, 1.82) is 5.26 Å². The summed E-state index contributed by atoms with van der Waals surface area (Å²) in [6.45, 7) is 5.80. The van der Waals surface area contributed by atoms with E-state index < -0.39 is 0 Å². The molecule has 1 aromatic carbocycles. The van der Waals surface area contributed by atoms with Crippen molar-refractivity contribution in [3.63, 3.8) is 0 Å². The lowest BCUT2D eigenvalue weighted by Gasteiger charge is -2.38. The monoisotopic (exact) mass is 421 g/mol. The van der Waals surface area contributed by atoms with Gasteiger partial charge in [-0.3, -0.25) is 4.98 Å². The van der Waals surface area contributed by atoms with Crippen LogP contribution in [-0.2, 0) is 6.42 Å². The van der Waals surface area contributed by atoms with Crippen LogP contribution in [0.15, 0.2) is 30.5 Å². The number of methoxy groups -OCH3 is 1. The zero-order chi connectivity index (χ0) is 21.9. The molecule has 0 aliphatic carbocycles. The van der Waals surface area contributed by atoms with Crippen LogP contribution in [0.4, 0.5) is 0 Å². The smallest absolute Gasteiger partial charge is 0.119 e. The number of nitriles is 1. The maximum atomic E-state index is 9.38. The van der Waals surface area contributed by atoms with Crippen LogP contribution in [0.5, 0.6) is 5.75 Å². The zero-order valence-electron chi connectivity index (χ0n) is 19.5. The molecular formula is C27H39N3O. The molecule has 1 aromatic heterocycles. The number of fused-ring (bicyclic) bond motifs is 1. The zero-order valence-corrected chi connectivity index (χ0v) is 19.5. The molecule has 0 radical (unpaired) electrons. The molecule has 0 N–H and O–H groups in total. The van der Waals surface area contributed by atoms with Crippen molar-refractivity contribution < 1.29 is 4.74 Å². The normalized spacial score (nSPS) is 19.4. The third kappa shape index (κ3) is 6.94.